The highest BCUT2D eigenvalue weighted by Crippen LogP contribution is 2.30. The molecule has 0 aromatic heterocycles. The molecular formula is C17H20F3N3O2. The van der Waals surface area contributed by atoms with Crippen LogP contribution in [0.3, 0.4) is 0 Å². The number of anilines is 1. The molecule has 1 atom stereocenters. The van der Waals surface area contributed by atoms with Gasteiger partial charge in [0.15, 0.2) is 0 Å². The highest BCUT2D eigenvalue weighted by atomic mass is 19.4. The highest BCUT2D eigenvalue weighted by molar-refractivity contribution is 5.88. The summed E-state index contributed by atoms with van der Waals surface area (Å²) in [6.07, 6.45) is -2.50. The van der Waals surface area contributed by atoms with Crippen LogP contribution in [0.4, 0.5) is 18.9 Å². The first-order chi connectivity index (χ1) is 11.8. The second kappa shape index (κ2) is 6.93. The first kappa shape index (κ1) is 17.6. The fourth-order valence-corrected chi connectivity index (χ4v) is 3.26. The summed E-state index contributed by atoms with van der Waals surface area (Å²) in [6.45, 7) is 2.09. The van der Waals surface area contributed by atoms with E-state index in [0.29, 0.717) is 51.1 Å². The number of piperazine rings is 1. The number of rotatable bonds is 2. The molecule has 2 aliphatic heterocycles. The molecule has 2 saturated heterocycles. The van der Waals surface area contributed by atoms with E-state index in [0.717, 1.165) is 12.1 Å². The van der Waals surface area contributed by atoms with E-state index in [2.05, 4.69) is 5.32 Å². The SMILES string of the molecule is O=C1CCC[C@H](C(=O)N2CCN(c3ccc(C(F)(F)F)cc3)CC2)N1. The zero-order valence-electron chi connectivity index (χ0n) is 13.7. The van der Waals surface area contributed by atoms with Gasteiger partial charge in [-0.3, -0.25) is 9.59 Å². The molecule has 2 fully saturated rings. The van der Waals surface area contributed by atoms with Gasteiger partial charge >= 0.3 is 6.18 Å². The molecule has 2 aliphatic rings. The molecule has 0 bridgehead atoms. The molecule has 0 saturated carbocycles. The van der Waals surface area contributed by atoms with Crippen LogP contribution in [0.1, 0.15) is 24.8 Å². The minimum atomic E-state index is -4.34. The predicted molar refractivity (Wildman–Crippen MR) is 86.0 cm³/mol. The molecule has 0 aliphatic carbocycles. The average Bonchev–Trinajstić information content (AvgIpc) is 2.61. The van der Waals surface area contributed by atoms with Crippen molar-refractivity contribution in [2.24, 2.45) is 0 Å². The van der Waals surface area contributed by atoms with E-state index in [-0.39, 0.29) is 11.8 Å². The van der Waals surface area contributed by atoms with E-state index < -0.39 is 17.8 Å². The number of halogens is 3. The van der Waals surface area contributed by atoms with Crippen molar-refractivity contribution in [2.75, 3.05) is 31.1 Å². The molecule has 3 rings (SSSR count). The van der Waals surface area contributed by atoms with Gasteiger partial charge in [-0.1, -0.05) is 0 Å². The topological polar surface area (TPSA) is 52.7 Å². The highest BCUT2D eigenvalue weighted by Gasteiger charge is 2.32. The number of carbonyl (C=O) groups is 2. The van der Waals surface area contributed by atoms with Gasteiger partial charge in [0.2, 0.25) is 11.8 Å². The monoisotopic (exact) mass is 355 g/mol. The van der Waals surface area contributed by atoms with Gasteiger partial charge < -0.3 is 15.1 Å². The Morgan fingerprint density at radius 3 is 2.28 bits per heavy atom. The van der Waals surface area contributed by atoms with Crippen molar-refractivity contribution >= 4 is 17.5 Å². The normalized spacial score (nSPS) is 21.9. The zero-order chi connectivity index (χ0) is 18.0. The second-order valence-corrected chi connectivity index (χ2v) is 6.37. The van der Waals surface area contributed by atoms with Crippen molar-refractivity contribution in [2.45, 2.75) is 31.5 Å². The van der Waals surface area contributed by atoms with Crippen molar-refractivity contribution < 1.29 is 22.8 Å². The molecule has 5 nitrogen and oxygen atoms in total. The van der Waals surface area contributed by atoms with E-state index >= 15 is 0 Å². The van der Waals surface area contributed by atoms with Crippen LogP contribution in [0.5, 0.6) is 0 Å². The smallest absolute Gasteiger partial charge is 0.368 e. The lowest BCUT2D eigenvalue weighted by Gasteiger charge is -2.38. The zero-order valence-corrected chi connectivity index (χ0v) is 13.7. The van der Waals surface area contributed by atoms with Gasteiger partial charge in [0.25, 0.3) is 0 Å². The van der Waals surface area contributed by atoms with Gasteiger partial charge in [0, 0.05) is 38.3 Å². The van der Waals surface area contributed by atoms with Crippen LogP contribution in [-0.4, -0.2) is 48.9 Å². The number of carbonyl (C=O) groups excluding carboxylic acids is 2. The van der Waals surface area contributed by atoms with Crippen LogP contribution in [0, 0.1) is 0 Å². The minimum absolute atomic E-state index is 0.0693. The Balaban J connectivity index is 1.56. The maximum absolute atomic E-state index is 12.6. The predicted octanol–water partition coefficient (Wildman–Crippen LogP) is 2.02. The second-order valence-electron chi connectivity index (χ2n) is 6.37. The lowest BCUT2D eigenvalue weighted by molar-refractivity contribution is -0.138. The third-order valence-corrected chi connectivity index (χ3v) is 4.68. The summed E-state index contributed by atoms with van der Waals surface area (Å²) < 4.78 is 37.9. The molecule has 136 valence electrons. The quantitative estimate of drug-likeness (QED) is 0.883. The lowest BCUT2D eigenvalue weighted by Crippen LogP contribution is -2.56. The third kappa shape index (κ3) is 4.05. The molecule has 0 radical (unpaired) electrons. The van der Waals surface area contributed by atoms with Gasteiger partial charge in [-0.15, -0.1) is 0 Å². The molecular weight excluding hydrogens is 335 g/mol. The summed E-state index contributed by atoms with van der Waals surface area (Å²) in [7, 11) is 0. The third-order valence-electron chi connectivity index (χ3n) is 4.68. The van der Waals surface area contributed by atoms with Crippen LogP contribution in [0.25, 0.3) is 0 Å². The van der Waals surface area contributed by atoms with Crippen LogP contribution in [0.2, 0.25) is 0 Å². The Labute approximate surface area is 143 Å². The number of hydrogen-bond acceptors (Lipinski definition) is 3. The summed E-state index contributed by atoms with van der Waals surface area (Å²) in [4.78, 5) is 27.6. The Bertz CT molecular complexity index is 638. The van der Waals surface area contributed by atoms with Crippen LogP contribution in [-0.2, 0) is 15.8 Å². The largest absolute Gasteiger partial charge is 0.416 e. The van der Waals surface area contributed by atoms with Gasteiger partial charge in [0.1, 0.15) is 6.04 Å². The summed E-state index contributed by atoms with van der Waals surface area (Å²) in [6, 6.07) is 4.62. The summed E-state index contributed by atoms with van der Waals surface area (Å²) in [5.41, 5.74) is 0.0455. The van der Waals surface area contributed by atoms with Crippen molar-refractivity contribution in [1.29, 1.82) is 0 Å². The van der Waals surface area contributed by atoms with Crippen LogP contribution < -0.4 is 10.2 Å². The van der Waals surface area contributed by atoms with E-state index in [1.807, 2.05) is 4.90 Å². The fraction of sp³-hybridized carbons (Fsp3) is 0.529. The number of piperidine rings is 1. The molecule has 0 spiro atoms. The number of amides is 2. The van der Waals surface area contributed by atoms with Crippen LogP contribution in [0.15, 0.2) is 24.3 Å². The number of nitrogens with zero attached hydrogens (tertiary/aromatic N) is 2. The minimum Gasteiger partial charge on any atom is -0.368 e. The van der Waals surface area contributed by atoms with Gasteiger partial charge in [-0.05, 0) is 37.1 Å². The summed E-state index contributed by atoms with van der Waals surface area (Å²) in [5.74, 6) is -0.159. The number of benzene rings is 1. The number of nitrogens with one attached hydrogen (secondary N) is 1. The van der Waals surface area contributed by atoms with E-state index in [1.165, 1.54) is 12.1 Å². The molecule has 25 heavy (non-hydrogen) atoms. The Morgan fingerprint density at radius 1 is 1.08 bits per heavy atom. The Hall–Kier alpha value is -2.25. The molecule has 2 amide bonds. The maximum Gasteiger partial charge on any atom is 0.416 e. The first-order valence-corrected chi connectivity index (χ1v) is 8.35. The van der Waals surface area contributed by atoms with Crippen LogP contribution >= 0.6 is 0 Å². The van der Waals surface area contributed by atoms with Gasteiger partial charge in [-0.25, -0.2) is 0 Å². The molecule has 2 heterocycles. The van der Waals surface area contributed by atoms with E-state index in [1.54, 1.807) is 4.90 Å². The van der Waals surface area contributed by atoms with E-state index in [9.17, 15) is 22.8 Å². The number of hydrogen-bond donors (Lipinski definition) is 1. The van der Waals surface area contributed by atoms with Gasteiger partial charge in [0.05, 0.1) is 5.56 Å². The fourth-order valence-electron chi connectivity index (χ4n) is 3.26. The molecule has 1 N–H and O–H groups in total. The van der Waals surface area contributed by atoms with Crippen molar-refractivity contribution in [3.05, 3.63) is 29.8 Å². The summed E-state index contributed by atoms with van der Waals surface area (Å²) in [5, 5.41) is 2.73. The average molecular weight is 355 g/mol. The van der Waals surface area contributed by atoms with Crippen molar-refractivity contribution in [1.82, 2.24) is 10.2 Å². The first-order valence-electron chi connectivity index (χ1n) is 8.35. The molecule has 1 aromatic rings. The summed E-state index contributed by atoms with van der Waals surface area (Å²) >= 11 is 0. The number of alkyl halides is 3. The van der Waals surface area contributed by atoms with Crippen molar-refractivity contribution in [3.63, 3.8) is 0 Å². The van der Waals surface area contributed by atoms with Gasteiger partial charge in [-0.2, -0.15) is 13.2 Å². The Kier molecular flexibility index (Phi) is 4.87. The maximum atomic E-state index is 12.6. The lowest BCUT2D eigenvalue weighted by atomic mass is 10.0. The van der Waals surface area contributed by atoms with E-state index in [4.69, 9.17) is 0 Å². The van der Waals surface area contributed by atoms with Crippen molar-refractivity contribution in [3.8, 4) is 0 Å². The molecule has 0 unspecified atom stereocenters. The molecule has 8 heteroatoms. The molecule has 1 aromatic carbocycles. The standard InChI is InChI=1S/C17H20F3N3O2/c18-17(19,20)12-4-6-13(7-5-12)22-8-10-23(11-9-22)16(25)14-2-1-3-15(24)21-14/h4-7,14H,1-3,8-11H2,(H,21,24)/t14-/m1/s1. The Morgan fingerprint density at radius 2 is 1.72 bits per heavy atom.